The first-order chi connectivity index (χ1) is 11.7. The van der Waals surface area contributed by atoms with E-state index in [2.05, 4.69) is 5.32 Å². The first-order valence-corrected chi connectivity index (χ1v) is 7.66. The van der Waals surface area contributed by atoms with Crippen LogP contribution in [0.25, 0.3) is 0 Å². The Bertz CT molecular complexity index is 702. The number of carboxylic acid groups (broad SMARTS) is 1. The van der Waals surface area contributed by atoms with E-state index in [-0.39, 0.29) is 17.7 Å². The molecule has 0 aliphatic carbocycles. The van der Waals surface area contributed by atoms with Crippen molar-refractivity contribution in [1.29, 1.82) is 0 Å². The highest BCUT2D eigenvalue weighted by Crippen LogP contribution is 2.36. The number of hydrogen-bond donors (Lipinski definition) is 2. The molecule has 0 aliphatic rings. The van der Waals surface area contributed by atoms with Crippen molar-refractivity contribution in [3.8, 4) is 0 Å². The number of nitro groups is 1. The van der Waals surface area contributed by atoms with Gasteiger partial charge in [0.1, 0.15) is 6.42 Å². The number of nitro benzene ring substituents is 1. The molecule has 1 rings (SSSR count). The molecule has 1 atom stereocenters. The minimum absolute atomic E-state index is 0.00621. The van der Waals surface area contributed by atoms with Gasteiger partial charge in [-0.3, -0.25) is 24.5 Å². The van der Waals surface area contributed by atoms with E-state index in [0.717, 1.165) is 0 Å². The third kappa shape index (κ3) is 4.75. The molecule has 9 nitrogen and oxygen atoms in total. The van der Waals surface area contributed by atoms with Crippen LogP contribution in [0, 0.1) is 10.1 Å². The summed E-state index contributed by atoms with van der Waals surface area (Å²) in [6.07, 6.45) is -0.596. The number of hydrogen-bond acceptors (Lipinski definition) is 6. The summed E-state index contributed by atoms with van der Waals surface area (Å²) in [6, 6.07) is 4.50. The van der Waals surface area contributed by atoms with E-state index < -0.39 is 34.9 Å². The van der Waals surface area contributed by atoms with Crippen LogP contribution in [-0.2, 0) is 31.3 Å². The van der Waals surface area contributed by atoms with Crippen molar-refractivity contribution in [2.45, 2.75) is 45.8 Å². The molecule has 1 amide bonds. The quantitative estimate of drug-likeness (QED) is 0.240. The fourth-order valence-corrected chi connectivity index (χ4v) is 2.56. The highest BCUT2D eigenvalue weighted by molar-refractivity contribution is 5.90. The fraction of sp³-hybridized carbons (Fsp3) is 0.438. The highest BCUT2D eigenvalue weighted by Gasteiger charge is 2.42. The van der Waals surface area contributed by atoms with E-state index >= 15 is 0 Å². The third-order valence-corrected chi connectivity index (χ3v) is 3.58. The molecule has 0 aromatic heterocycles. The summed E-state index contributed by atoms with van der Waals surface area (Å²) in [5, 5.41) is 22.7. The van der Waals surface area contributed by atoms with E-state index in [1.165, 1.54) is 13.0 Å². The smallest absolute Gasteiger partial charge is 0.319 e. The summed E-state index contributed by atoms with van der Waals surface area (Å²) in [6.45, 7) is 4.46. The zero-order valence-corrected chi connectivity index (χ0v) is 14.2. The number of benzene rings is 1. The minimum atomic E-state index is -1.83. The van der Waals surface area contributed by atoms with Gasteiger partial charge in [-0.2, -0.15) is 0 Å². The molecular formula is C16H20N2O7. The maximum atomic E-state index is 11.9. The summed E-state index contributed by atoms with van der Waals surface area (Å²) < 4.78 is 5.23. The number of rotatable bonds is 8. The molecule has 25 heavy (non-hydrogen) atoms. The summed E-state index contributed by atoms with van der Waals surface area (Å²) in [5.74, 6) is -3.10. The maximum Gasteiger partial charge on any atom is 0.319 e. The fourth-order valence-electron chi connectivity index (χ4n) is 2.56. The Balaban J connectivity index is 3.57. The molecule has 0 spiro atoms. The number of aliphatic carboxylic acids is 1. The molecule has 1 aromatic carbocycles. The Kier molecular flexibility index (Phi) is 6.60. The molecule has 0 saturated carbocycles. The van der Waals surface area contributed by atoms with Gasteiger partial charge in [-0.05, 0) is 12.5 Å². The van der Waals surface area contributed by atoms with Gasteiger partial charge in [-0.25, -0.2) is 0 Å². The zero-order valence-electron chi connectivity index (χ0n) is 14.2. The normalized spacial score (nSPS) is 12.8. The Morgan fingerprint density at radius 2 is 1.96 bits per heavy atom. The molecule has 0 fully saturated rings. The second-order valence-electron chi connectivity index (χ2n) is 5.33. The number of esters is 1. The Morgan fingerprint density at radius 3 is 2.40 bits per heavy atom. The second kappa shape index (κ2) is 8.22. The van der Waals surface area contributed by atoms with Gasteiger partial charge in [0, 0.05) is 18.9 Å². The number of carbonyl (C=O) groups is 3. The number of amides is 1. The van der Waals surface area contributed by atoms with Crippen molar-refractivity contribution in [3.05, 3.63) is 39.4 Å². The van der Waals surface area contributed by atoms with Crippen LogP contribution in [0.5, 0.6) is 0 Å². The molecule has 0 bridgehead atoms. The number of carbonyl (C=O) groups excluding carboxylic acids is 2. The van der Waals surface area contributed by atoms with Crippen molar-refractivity contribution >= 4 is 23.5 Å². The van der Waals surface area contributed by atoms with Gasteiger partial charge in [0.05, 0.1) is 10.5 Å². The molecule has 0 heterocycles. The molecular weight excluding hydrogens is 332 g/mol. The minimum Gasteiger partial charge on any atom is -0.481 e. The van der Waals surface area contributed by atoms with E-state index in [1.807, 2.05) is 0 Å². The summed E-state index contributed by atoms with van der Waals surface area (Å²) >= 11 is 0. The Labute approximate surface area is 144 Å². The summed E-state index contributed by atoms with van der Waals surface area (Å²) in [7, 11) is 0. The van der Waals surface area contributed by atoms with Gasteiger partial charge in [0.2, 0.25) is 11.6 Å². The Hall–Kier alpha value is -2.97. The molecule has 0 radical (unpaired) electrons. The number of ether oxygens (including phenoxy) is 1. The van der Waals surface area contributed by atoms with E-state index in [0.29, 0.717) is 12.0 Å². The SMILES string of the molecule is CCc1cccc(C(CC)(NC(C)=O)OC(=O)CC(=O)O)c1[N+](=O)[O-]. The van der Waals surface area contributed by atoms with E-state index in [1.54, 1.807) is 26.0 Å². The summed E-state index contributed by atoms with van der Waals surface area (Å²) in [4.78, 5) is 45.2. The van der Waals surface area contributed by atoms with Crippen LogP contribution in [0.1, 0.15) is 44.7 Å². The first kappa shape index (κ1) is 20.1. The van der Waals surface area contributed by atoms with Crippen LogP contribution in [-0.4, -0.2) is 27.9 Å². The topological polar surface area (TPSA) is 136 Å². The number of para-hydroxylation sites is 1. The monoisotopic (exact) mass is 352 g/mol. The second-order valence-corrected chi connectivity index (χ2v) is 5.33. The van der Waals surface area contributed by atoms with Crippen molar-refractivity contribution in [2.75, 3.05) is 0 Å². The maximum absolute atomic E-state index is 11.9. The van der Waals surface area contributed by atoms with Crippen molar-refractivity contribution < 1.29 is 29.2 Å². The zero-order chi connectivity index (χ0) is 19.2. The predicted molar refractivity (Wildman–Crippen MR) is 86.6 cm³/mol. The first-order valence-electron chi connectivity index (χ1n) is 7.66. The lowest BCUT2D eigenvalue weighted by molar-refractivity contribution is -0.387. The van der Waals surface area contributed by atoms with Gasteiger partial charge >= 0.3 is 11.9 Å². The average molecular weight is 352 g/mol. The largest absolute Gasteiger partial charge is 0.481 e. The van der Waals surface area contributed by atoms with Crippen LogP contribution in [0.4, 0.5) is 5.69 Å². The van der Waals surface area contributed by atoms with E-state index in [4.69, 9.17) is 9.84 Å². The van der Waals surface area contributed by atoms with Crippen molar-refractivity contribution in [1.82, 2.24) is 5.32 Å². The predicted octanol–water partition coefficient (Wildman–Crippen LogP) is 1.87. The van der Waals surface area contributed by atoms with Crippen LogP contribution < -0.4 is 5.32 Å². The molecule has 2 N–H and O–H groups in total. The number of nitrogens with one attached hydrogen (secondary N) is 1. The lowest BCUT2D eigenvalue weighted by Crippen LogP contribution is -2.48. The van der Waals surface area contributed by atoms with Gasteiger partial charge in [0.25, 0.3) is 5.69 Å². The molecule has 1 aromatic rings. The van der Waals surface area contributed by atoms with Gasteiger partial charge in [0.15, 0.2) is 0 Å². The molecule has 1 unspecified atom stereocenters. The van der Waals surface area contributed by atoms with Gasteiger partial charge in [-0.1, -0.05) is 26.0 Å². The van der Waals surface area contributed by atoms with E-state index in [9.17, 15) is 24.5 Å². The van der Waals surface area contributed by atoms with Gasteiger partial charge < -0.3 is 15.2 Å². The number of carboxylic acids is 1. The highest BCUT2D eigenvalue weighted by atomic mass is 16.6. The van der Waals surface area contributed by atoms with Crippen LogP contribution in [0.15, 0.2) is 18.2 Å². The van der Waals surface area contributed by atoms with Crippen LogP contribution in [0.3, 0.4) is 0 Å². The molecule has 9 heteroatoms. The Morgan fingerprint density at radius 1 is 1.32 bits per heavy atom. The lowest BCUT2D eigenvalue weighted by Gasteiger charge is -2.33. The standard InChI is InChI=1S/C16H20N2O7/c1-4-11-7-6-8-12(15(11)18(23)24)16(5-2,17-10(3)19)25-14(22)9-13(20)21/h6-8H,4-5,9H2,1-3H3,(H,17,19)(H,20,21). The molecule has 0 saturated heterocycles. The summed E-state index contributed by atoms with van der Waals surface area (Å²) in [5.41, 5.74) is -1.71. The van der Waals surface area contributed by atoms with Crippen molar-refractivity contribution in [3.63, 3.8) is 0 Å². The van der Waals surface area contributed by atoms with Crippen LogP contribution >= 0.6 is 0 Å². The third-order valence-electron chi connectivity index (χ3n) is 3.58. The number of aryl methyl sites for hydroxylation is 1. The average Bonchev–Trinajstić information content (AvgIpc) is 2.51. The lowest BCUT2D eigenvalue weighted by atomic mass is 9.94. The van der Waals surface area contributed by atoms with Crippen LogP contribution in [0.2, 0.25) is 0 Å². The van der Waals surface area contributed by atoms with Gasteiger partial charge in [-0.15, -0.1) is 0 Å². The molecule has 0 aliphatic heterocycles. The van der Waals surface area contributed by atoms with Crippen molar-refractivity contribution in [2.24, 2.45) is 0 Å². The number of nitrogens with zero attached hydrogens (tertiary/aromatic N) is 1. The molecule has 136 valence electrons.